The van der Waals surface area contributed by atoms with Gasteiger partial charge in [-0.25, -0.2) is 0 Å². The largest absolute Gasteiger partial charge is 0.416 e. The minimum Gasteiger partial charge on any atom is -0.350 e. The van der Waals surface area contributed by atoms with Gasteiger partial charge in [0.2, 0.25) is 0 Å². The Morgan fingerprint density at radius 2 is 2.00 bits per heavy atom. The van der Waals surface area contributed by atoms with Crippen LogP contribution in [-0.4, -0.2) is 18.5 Å². The standard InChI is InChI=1S/C13H16BrF3N2O/c1-7(2)11(18)6-19-12(20)9-5-8(13(15,16)17)3-4-10(9)14/h3-5,7,11H,6,18H2,1-2H3,(H,19,20). The van der Waals surface area contributed by atoms with Crippen LogP contribution in [0.15, 0.2) is 22.7 Å². The minimum absolute atomic E-state index is 0.0595. The highest BCUT2D eigenvalue weighted by Crippen LogP contribution is 2.31. The topological polar surface area (TPSA) is 55.1 Å². The van der Waals surface area contributed by atoms with Crippen LogP contribution < -0.4 is 11.1 Å². The third-order valence-corrected chi connectivity index (χ3v) is 3.58. The van der Waals surface area contributed by atoms with Crippen molar-refractivity contribution in [2.24, 2.45) is 11.7 Å². The van der Waals surface area contributed by atoms with E-state index >= 15 is 0 Å². The Morgan fingerprint density at radius 3 is 2.50 bits per heavy atom. The molecule has 0 bridgehead atoms. The lowest BCUT2D eigenvalue weighted by molar-refractivity contribution is -0.137. The van der Waals surface area contributed by atoms with Crippen LogP contribution in [0.1, 0.15) is 29.8 Å². The van der Waals surface area contributed by atoms with Crippen LogP contribution in [0, 0.1) is 5.92 Å². The van der Waals surface area contributed by atoms with Crippen molar-refractivity contribution in [2.45, 2.75) is 26.1 Å². The molecule has 1 atom stereocenters. The van der Waals surface area contributed by atoms with Crippen LogP contribution in [-0.2, 0) is 6.18 Å². The summed E-state index contributed by atoms with van der Waals surface area (Å²) < 4.78 is 38.2. The predicted octanol–water partition coefficient (Wildman–Crippen LogP) is 3.18. The van der Waals surface area contributed by atoms with Gasteiger partial charge in [0.15, 0.2) is 0 Å². The second-order valence-electron chi connectivity index (χ2n) is 4.81. The first-order valence-corrected chi connectivity index (χ1v) is 6.82. The van der Waals surface area contributed by atoms with Crippen LogP contribution >= 0.6 is 15.9 Å². The molecule has 1 amide bonds. The summed E-state index contributed by atoms with van der Waals surface area (Å²) in [5, 5.41) is 2.54. The van der Waals surface area contributed by atoms with E-state index in [2.05, 4.69) is 21.2 Å². The Labute approximate surface area is 123 Å². The van der Waals surface area contributed by atoms with E-state index in [0.29, 0.717) is 4.47 Å². The number of hydrogen-bond acceptors (Lipinski definition) is 2. The maximum Gasteiger partial charge on any atom is 0.416 e. The molecule has 1 aromatic rings. The van der Waals surface area contributed by atoms with Gasteiger partial charge in [0.25, 0.3) is 5.91 Å². The molecular formula is C13H16BrF3N2O. The number of alkyl halides is 3. The van der Waals surface area contributed by atoms with Crippen LogP contribution in [0.5, 0.6) is 0 Å². The summed E-state index contributed by atoms with van der Waals surface area (Å²) >= 11 is 3.07. The van der Waals surface area contributed by atoms with Crippen molar-refractivity contribution in [3.63, 3.8) is 0 Å². The number of halogens is 4. The number of carbonyl (C=O) groups is 1. The average Bonchev–Trinajstić information content (AvgIpc) is 2.34. The Morgan fingerprint density at radius 1 is 1.40 bits per heavy atom. The molecule has 3 nitrogen and oxygen atoms in total. The molecular weight excluding hydrogens is 337 g/mol. The van der Waals surface area contributed by atoms with Crippen molar-refractivity contribution in [1.82, 2.24) is 5.32 Å². The van der Waals surface area contributed by atoms with Crippen molar-refractivity contribution in [1.29, 1.82) is 0 Å². The first-order chi connectivity index (χ1) is 9.12. The lowest BCUT2D eigenvalue weighted by Crippen LogP contribution is -2.40. The number of nitrogens with one attached hydrogen (secondary N) is 1. The van der Waals surface area contributed by atoms with E-state index in [4.69, 9.17) is 5.73 Å². The van der Waals surface area contributed by atoms with Gasteiger partial charge in [0.05, 0.1) is 11.1 Å². The Hall–Kier alpha value is -1.08. The van der Waals surface area contributed by atoms with Crippen molar-refractivity contribution in [3.8, 4) is 0 Å². The van der Waals surface area contributed by atoms with Crippen LogP contribution in [0.3, 0.4) is 0 Å². The Kier molecular flexibility index (Phi) is 5.59. The molecule has 0 saturated heterocycles. The molecule has 0 aliphatic rings. The molecule has 0 heterocycles. The zero-order valence-electron chi connectivity index (χ0n) is 11.1. The highest BCUT2D eigenvalue weighted by Gasteiger charge is 2.31. The fraction of sp³-hybridized carbons (Fsp3) is 0.462. The fourth-order valence-electron chi connectivity index (χ4n) is 1.42. The molecule has 0 aromatic heterocycles. The number of carbonyl (C=O) groups excluding carboxylic acids is 1. The van der Waals surface area contributed by atoms with Crippen molar-refractivity contribution < 1.29 is 18.0 Å². The minimum atomic E-state index is -4.48. The van der Waals surface area contributed by atoms with Gasteiger partial charge in [-0.05, 0) is 40.0 Å². The fourth-order valence-corrected chi connectivity index (χ4v) is 1.84. The average molecular weight is 353 g/mol. The van der Waals surface area contributed by atoms with Gasteiger partial charge in [-0.15, -0.1) is 0 Å². The summed E-state index contributed by atoms with van der Waals surface area (Å²) in [5.74, 6) is -0.417. The second kappa shape index (κ2) is 6.58. The molecule has 1 aromatic carbocycles. The normalized spacial score (nSPS) is 13.4. The van der Waals surface area contributed by atoms with Gasteiger partial charge in [-0.3, -0.25) is 4.79 Å². The van der Waals surface area contributed by atoms with Gasteiger partial charge < -0.3 is 11.1 Å². The molecule has 20 heavy (non-hydrogen) atoms. The van der Waals surface area contributed by atoms with E-state index in [1.54, 1.807) is 0 Å². The number of hydrogen-bond donors (Lipinski definition) is 2. The molecule has 1 rings (SSSR count). The lowest BCUT2D eigenvalue weighted by atomic mass is 10.1. The van der Waals surface area contributed by atoms with Crippen LogP contribution in [0.25, 0.3) is 0 Å². The summed E-state index contributed by atoms with van der Waals surface area (Å²) in [6.45, 7) is 4.01. The van der Waals surface area contributed by atoms with E-state index < -0.39 is 17.6 Å². The summed E-state index contributed by atoms with van der Waals surface area (Å²) in [4.78, 5) is 11.9. The Bertz CT molecular complexity index is 489. The zero-order chi connectivity index (χ0) is 15.5. The summed E-state index contributed by atoms with van der Waals surface area (Å²) in [6.07, 6.45) is -4.48. The van der Waals surface area contributed by atoms with E-state index in [9.17, 15) is 18.0 Å². The smallest absolute Gasteiger partial charge is 0.350 e. The molecule has 0 radical (unpaired) electrons. The lowest BCUT2D eigenvalue weighted by Gasteiger charge is -2.17. The zero-order valence-corrected chi connectivity index (χ0v) is 12.7. The number of benzene rings is 1. The van der Waals surface area contributed by atoms with E-state index in [1.807, 2.05) is 13.8 Å². The van der Waals surface area contributed by atoms with Crippen molar-refractivity contribution in [3.05, 3.63) is 33.8 Å². The summed E-state index contributed by atoms with van der Waals surface area (Å²) in [7, 11) is 0. The molecule has 0 spiro atoms. The molecule has 7 heteroatoms. The first-order valence-electron chi connectivity index (χ1n) is 6.03. The number of rotatable bonds is 4. The molecule has 0 aliphatic carbocycles. The maximum absolute atomic E-state index is 12.6. The van der Waals surface area contributed by atoms with Gasteiger partial charge >= 0.3 is 6.18 Å². The van der Waals surface area contributed by atoms with Crippen molar-refractivity contribution >= 4 is 21.8 Å². The van der Waals surface area contributed by atoms with Gasteiger partial charge in [0, 0.05) is 17.1 Å². The molecule has 0 saturated carbocycles. The number of nitrogens with two attached hydrogens (primary N) is 1. The second-order valence-corrected chi connectivity index (χ2v) is 5.66. The number of amides is 1. The maximum atomic E-state index is 12.6. The highest BCUT2D eigenvalue weighted by atomic mass is 79.9. The van der Waals surface area contributed by atoms with Gasteiger partial charge in [-0.1, -0.05) is 13.8 Å². The van der Waals surface area contributed by atoms with Crippen LogP contribution in [0.2, 0.25) is 0 Å². The monoisotopic (exact) mass is 352 g/mol. The van der Waals surface area contributed by atoms with Crippen LogP contribution in [0.4, 0.5) is 13.2 Å². The SMILES string of the molecule is CC(C)C(N)CNC(=O)c1cc(C(F)(F)F)ccc1Br. The molecule has 0 aliphatic heterocycles. The summed E-state index contributed by atoms with van der Waals surface area (Å²) in [5.41, 5.74) is 4.85. The molecule has 0 fully saturated rings. The van der Waals surface area contributed by atoms with E-state index in [-0.39, 0.29) is 24.1 Å². The third kappa shape index (κ3) is 4.49. The molecule has 3 N–H and O–H groups in total. The molecule has 112 valence electrons. The predicted molar refractivity (Wildman–Crippen MR) is 74.3 cm³/mol. The van der Waals surface area contributed by atoms with Gasteiger partial charge in [0.1, 0.15) is 0 Å². The summed E-state index contributed by atoms with van der Waals surface area (Å²) in [6, 6.07) is 2.70. The third-order valence-electron chi connectivity index (χ3n) is 2.89. The van der Waals surface area contributed by atoms with E-state index in [1.165, 1.54) is 6.07 Å². The first kappa shape index (κ1) is 17.0. The molecule has 1 unspecified atom stereocenters. The van der Waals surface area contributed by atoms with E-state index in [0.717, 1.165) is 12.1 Å². The Balaban J connectivity index is 2.87. The van der Waals surface area contributed by atoms with Crippen molar-refractivity contribution in [2.75, 3.05) is 6.54 Å². The quantitative estimate of drug-likeness (QED) is 0.874. The van der Waals surface area contributed by atoms with Gasteiger partial charge in [-0.2, -0.15) is 13.2 Å². The highest BCUT2D eigenvalue weighted by molar-refractivity contribution is 9.10.